The molecule has 0 unspecified atom stereocenters. The fraction of sp³-hybridized carbons (Fsp3) is 0.385. The van der Waals surface area contributed by atoms with Crippen molar-refractivity contribution in [3.63, 3.8) is 0 Å². The second-order valence-corrected chi connectivity index (χ2v) is 6.06. The molecule has 0 aromatic heterocycles. The van der Waals surface area contributed by atoms with Crippen LogP contribution < -0.4 is 5.43 Å². The van der Waals surface area contributed by atoms with Gasteiger partial charge in [-0.1, -0.05) is 12.1 Å². The first-order chi connectivity index (χ1) is 8.28. The summed E-state index contributed by atoms with van der Waals surface area (Å²) in [6.45, 7) is 7.26. The van der Waals surface area contributed by atoms with Gasteiger partial charge in [0.2, 0.25) is 0 Å². The standard InChI is InChI=1S/C13H17IN2O2/c1-9(10-5-7-11(14)8-6-10)15-16-12(17)18-13(2,3)4/h5-8H,1-4H3,(H,16,17)/b15-9-. The van der Waals surface area contributed by atoms with Gasteiger partial charge in [0.05, 0.1) is 5.71 Å². The molecule has 18 heavy (non-hydrogen) atoms. The minimum Gasteiger partial charge on any atom is -0.443 e. The Morgan fingerprint density at radius 1 is 1.28 bits per heavy atom. The van der Waals surface area contributed by atoms with E-state index in [2.05, 4.69) is 33.1 Å². The van der Waals surface area contributed by atoms with Crippen LogP contribution in [0.25, 0.3) is 0 Å². The molecule has 0 aliphatic rings. The minimum atomic E-state index is -0.549. The van der Waals surface area contributed by atoms with E-state index in [9.17, 15) is 4.79 Å². The topological polar surface area (TPSA) is 50.7 Å². The Labute approximate surface area is 121 Å². The number of carbonyl (C=O) groups is 1. The van der Waals surface area contributed by atoms with Crippen LogP contribution in [0, 0.1) is 3.57 Å². The molecule has 0 saturated carbocycles. The van der Waals surface area contributed by atoms with Crippen LogP contribution in [0.2, 0.25) is 0 Å². The Morgan fingerprint density at radius 3 is 2.33 bits per heavy atom. The van der Waals surface area contributed by atoms with Crippen molar-refractivity contribution < 1.29 is 9.53 Å². The lowest BCUT2D eigenvalue weighted by Crippen LogP contribution is -2.30. The van der Waals surface area contributed by atoms with Gasteiger partial charge >= 0.3 is 6.09 Å². The summed E-state index contributed by atoms with van der Waals surface area (Å²) in [4.78, 5) is 11.4. The molecule has 1 amide bonds. The zero-order chi connectivity index (χ0) is 13.8. The highest BCUT2D eigenvalue weighted by Gasteiger charge is 2.15. The number of hydrazone groups is 1. The summed E-state index contributed by atoms with van der Waals surface area (Å²) in [7, 11) is 0. The number of nitrogens with zero attached hydrogens (tertiary/aromatic N) is 1. The lowest BCUT2D eigenvalue weighted by molar-refractivity contribution is 0.0529. The van der Waals surface area contributed by atoms with Crippen LogP contribution in [0.1, 0.15) is 33.3 Å². The van der Waals surface area contributed by atoms with E-state index in [-0.39, 0.29) is 0 Å². The number of nitrogens with one attached hydrogen (secondary N) is 1. The van der Waals surface area contributed by atoms with Crippen LogP contribution in [0.3, 0.4) is 0 Å². The molecule has 1 aromatic rings. The largest absolute Gasteiger partial charge is 0.443 e. The zero-order valence-corrected chi connectivity index (χ0v) is 13.1. The van der Waals surface area contributed by atoms with E-state index >= 15 is 0 Å². The molecule has 0 bridgehead atoms. The second kappa shape index (κ2) is 6.17. The van der Waals surface area contributed by atoms with Crippen molar-refractivity contribution in [1.29, 1.82) is 0 Å². The van der Waals surface area contributed by atoms with Crippen molar-refractivity contribution in [2.24, 2.45) is 5.10 Å². The average Bonchev–Trinajstić information content (AvgIpc) is 2.24. The van der Waals surface area contributed by atoms with Crippen molar-refractivity contribution in [3.05, 3.63) is 33.4 Å². The summed E-state index contributed by atoms with van der Waals surface area (Å²) >= 11 is 2.24. The van der Waals surface area contributed by atoms with Gasteiger partial charge in [0.15, 0.2) is 0 Å². The van der Waals surface area contributed by atoms with Gasteiger partial charge in [0.1, 0.15) is 5.60 Å². The first-order valence-corrected chi connectivity index (χ1v) is 6.65. The number of amides is 1. The summed E-state index contributed by atoms with van der Waals surface area (Å²) in [6.07, 6.45) is -0.549. The van der Waals surface area contributed by atoms with Gasteiger partial charge in [-0.3, -0.25) is 0 Å². The van der Waals surface area contributed by atoms with Gasteiger partial charge in [-0.25, -0.2) is 10.2 Å². The molecule has 1 aromatic carbocycles. The third-order valence-corrected chi connectivity index (χ3v) is 2.69. The van der Waals surface area contributed by atoms with Crippen LogP contribution in [0.5, 0.6) is 0 Å². The molecular formula is C13H17IN2O2. The smallest absolute Gasteiger partial charge is 0.428 e. The van der Waals surface area contributed by atoms with Gasteiger partial charge in [0.25, 0.3) is 0 Å². The number of halogens is 1. The molecule has 0 fully saturated rings. The summed E-state index contributed by atoms with van der Waals surface area (Å²) < 4.78 is 6.24. The normalized spacial score (nSPS) is 12.2. The molecule has 0 aliphatic carbocycles. The van der Waals surface area contributed by atoms with Crippen molar-refractivity contribution in [2.75, 3.05) is 0 Å². The highest BCUT2D eigenvalue weighted by atomic mass is 127. The third kappa shape index (κ3) is 5.48. The van der Waals surface area contributed by atoms with Gasteiger partial charge in [-0.05, 0) is 68.0 Å². The number of hydrogen-bond acceptors (Lipinski definition) is 3. The Balaban J connectivity index is 2.62. The SMILES string of the molecule is C/C(=N/NC(=O)OC(C)(C)C)c1ccc(I)cc1. The summed E-state index contributed by atoms with van der Waals surface area (Å²) in [5, 5.41) is 4.00. The third-order valence-electron chi connectivity index (χ3n) is 1.98. The molecule has 0 spiro atoms. The monoisotopic (exact) mass is 360 g/mol. The number of carbonyl (C=O) groups excluding carboxylic acids is 1. The van der Waals surface area contributed by atoms with E-state index < -0.39 is 11.7 Å². The highest BCUT2D eigenvalue weighted by molar-refractivity contribution is 14.1. The molecular weight excluding hydrogens is 343 g/mol. The van der Waals surface area contributed by atoms with E-state index in [1.165, 1.54) is 0 Å². The molecule has 0 aliphatic heterocycles. The van der Waals surface area contributed by atoms with Crippen molar-refractivity contribution in [2.45, 2.75) is 33.3 Å². The summed E-state index contributed by atoms with van der Waals surface area (Å²) in [6, 6.07) is 7.89. The first-order valence-electron chi connectivity index (χ1n) is 5.57. The van der Waals surface area contributed by atoms with E-state index in [0.717, 1.165) is 14.8 Å². The maximum atomic E-state index is 11.4. The maximum Gasteiger partial charge on any atom is 0.428 e. The Hall–Kier alpha value is -1.11. The molecule has 0 radical (unpaired) electrons. The fourth-order valence-corrected chi connectivity index (χ4v) is 1.55. The van der Waals surface area contributed by atoms with Gasteiger partial charge in [-0.15, -0.1) is 0 Å². The zero-order valence-electron chi connectivity index (χ0n) is 11.0. The second-order valence-electron chi connectivity index (χ2n) is 4.82. The van der Waals surface area contributed by atoms with Crippen LogP contribution in [0.4, 0.5) is 4.79 Å². The van der Waals surface area contributed by atoms with E-state index in [1.807, 2.05) is 52.0 Å². The molecule has 0 heterocycles. The van der Waals surface area contributed by atoms with Crippen molar-refractivity contribution in [1.82, 2.24) is 5.43 Å². The van der Waals surface area contributed by atoms with Crippen LogP contribution in [-0.4, -0.2) is 17.4 Å². The van der Waals surface area contributed by atoms with E-state index in [0.29, 0.717) is 0 Å². The highest BCUT2D eigenvalue weighted by Crippen LogP contribution is 2.08. The van der Waals surface area contributed by atoms with Gasteiger partial charge in [-0.2, -0.15) is 5.10 Å². The lowest BCUT2D eigenvalue weighted by Gasteiger charge is -2.18. The Morgan fingerprint density at radius 2 is 1.83 bits per heavy atom. The average molecular weight is 360 g/mol. The number of rotatable bonds is 2. The summed E-state index contributed by atoms with van der Waals surface area (Å²) in [5.41, 5.74) is 3.56. The predicted molar refractivity (Wildman–Crippen MR) is 80.7 cm³/mol. The van der Waals surface area contributed by atoms with Crippen LogP contribution >= 0.6 is 22.6 Å². The molecule has 1 N–H and O–H groups in total. The fourth-order valence-electron chi connectivity index (χ4n) is 1.19. The minimum absolute atomic E-state index is 0.517. The number of hydrogen-bond donors (Lipinski definition) is 1. The molecule has 0 atom stereocenters. The van der Waals surface area contributed by atoms with Gasteiger partial charge in [0, 0.05) is 3.57 Å². The summed E-state index contributed by atoms with van der Waals surface area (Å²) in [5.74, 6) is 0. The Bertz CT molecular complexity index is 447. The molecule has 0 saturated heterocycles. The molecule has 4 nitrogen and oxygen atoms in total. The Kier molecular flexibility index (Phi) is 5.13. The number of benzene rings is 1. The van der Waals surface area contributed by atoms with Crippen molar-refractivity contribution >= 4 is 34.4 Å². The van der Waals surface area contributed by atoms with E-state index in [4.69, 9.17) is 4.74 Å². The molecule has 5 heteroatoms. The number of ether oxygens (including phenoxy) is 1. The van der Waals surface area contributed by atoms with Crippen LogP contribution in [-0.2, 0) is 4.74 Å². The molecule has 1 rings (SSSR count). The maximum absolute atomic E-state index is 11.4. The predicted octanol–water partition coefficient (Wildman–Crippen LogP) is 3.54. The molecule has 98 valence electrons. The van der Waals surface area contributed by atoms with Crippen molar-refractivity contribution in [3.8, 4) is 0 Å². The quantitative estimate of drug-likeness (QED) is 0.498. The van der Waals surface area contributed by atoms with Crippen LogP contribution in [0.15, 0.2) is 29.4 Å². The lowest BCUT2D eigenvalue weighted by atomic mass is 10.1. The first kappa shape index (κ1) is 14.9. The van der Waals surface area contributed by atoms with Gasteiger partial charge < -0.3 is 4.74 Å². The van der Waals surface area contributed by atoms with E-state index in [1.54, 1.807) is 0 Å².